The average Bonchev–Trinajstić information content (AvgIpc) is 2.45. The molecule has 0 saturated heterocycles. The van der Waals surface area contributed by atoms with Crippen molar-refractivity contribution < 1.29 is 21.6 Å². The first kappa shape index (κ1) is 16.4. The van der Waals surface area contributed by atoms with Gasteiger partial charge in [0, 0.05) is 11.3 Å². The first-order valence-corrected chi connectivity index (χ1v) is 7.79. The summed E-state index contributed by atoms with van der Waals surface area (Å²) in [5.41, 5.74) is 0.220. The molecule has 2 rings (SSSR count). The highest BCUT2D eigenvalue weighted by atomic mass is 32.2. The quantitative estimate of drug-likeness (QED) is 0.941. The van der Waals surface area contributed by atoms with Crippen molar-refractivity contribution in [2.24, 2.45) is 5.14 Å². The van der Waals surface area contributed by atoms with Gasteiger partial charge in [-0.2, -0.15) is 13.2 Å². The molecule has 0 atom stereocenters. The van der Waals surface area contributed by atoms with Crippen LogP contribution in [0.1, 0.15) is 18.2 Å². The first-order valence-electron chi connectivity index (χ1n) is 6.25. The molecule has 0 spiro atoms. The molecule has 0 aliphatic rings. The number of nitrogens with two attached hydrogens (primary N) is 1. The van der Waals surface area contributed by atoms with Gasteiger partial charge in [0.25, 0.3) is 0 Å². The molecule has 1 aromatic carbocycles. The SMILES string of the molecule is CCc1cc(-c2ccc(C(F)(F)F)cc2)c(S(N)(=O)=O)[c]n1. The van der Waals surface area contributed by atoms with Crippen molar-refractivity contribution in [2.45, 2.75) is 24.4 Å². The first-order chi connectivity index (χ1) is 10.1. The Balaban J connectivity index is 2.60. The van der Waals surface area contributed by atoms with Gasteiger partial charge in [0.05, 0.1) is 5.56 Å². The Hall–Kier alpha value is -1.93. The number of rotatable bonds is 3. The zero-order chi connectivity index (χ0) is 16.5. The summed E-state index contributed by atoms with van der Waals surface area (Å²) in [5.74, 6) is 0. The van der Waals surface area contributed by atoms with E-state index in [-0.39, 0.29) is 10.5 Å². The Labute approximate surface area is 125 Å². The maximum atomic E-state index is 12.6. The Morgan fingerprint density at radius 2 is 1.82 bits per heavy atom. The third-order valence-corrected chi connectivity index (χ3v) is 3.91. The van der Waals surface area contributed by atoms with Crippen LogP contribution in [0.5, 0.6) is 0 Å². The number of nitrogens with zero attached hydrogens (tertiary/aromatic N) is 1. The third kappa shape index (κ3) is 3.45. The van der Waals surface area contributed by atoms with Crippen LogP contribution in [0.2, 0.25) is 0 Å². The fourth-order valence-corrected chi connectivity index (χ4v) is 2.55. The second kappa shape index (κ2) is 5.69. The molecule has 0 saturated carbocycles. The van der Waals surface area contributed by atoms with Crippen LogP contribution in [0, 0.1) is 6.20 Å². The minimum Gasteiger partial charge on any atom is -0.250 e. The maximum absolute atomic E-state index is 12.6. The lowest BCUT2D eigenvalue weighted by molar-refractivity contribution is -0.137. The minimum absolute atomic E-state index is 0.183. The van der Waals surface area contributed by atoms with E-state index in [1.807, 2.05) is 6.92 Å². The van der Waals surface area contributed by atoms with E-state index in [0.29, 0.717) is 17.7 Å². The fraction of sp³-hybridized carbons (Fsp3) is 0.214. The molecule has 0 amide bonds. The fourth-order valence-electron chi connectivity index (χ4n) is 1.90. The van der Waals surface area contributed by atoms with Crippen LogP contribution in [-0.4, -0.2) is 13.4 Å². The number of hydrogen-bond acceptors (Lipinski definition) is 3. The number of benzene rings is 1. The molecule has 117 valence electrons. The van der Waals surface area contributed by atoms with E-state index in [0.717, 1.165) is 12.1 Å². The predicted molar refractivity (Wildman–Crippen MR) is 74.3 cm³/mol. The molecule has 1 aromatic heterocycles. The molecule has 0 aliphatic carbocycles. The van der Waals surface area contributed by atoms with Crippen LogP contribution in [0.4, 0.5) is 13.2 Å². The molecule has 0 bridgehead atoms. The maximum Gasteiger partial charge on any atom is 0.416 e. The van der Waals surface area contributed by atoms with E-state index in [1.54, 1.807) is 0 Å². The zero-order valence-corrected chi connectivity index (χ0v) is 12.3. The van der Waals surface area contributed by atoms with Crippen molar-refractivity contribution in [2.75, 3.05) is 0 Å². The van der Waals surface area contributed by atoms with E-state index in [4.69, 9.17) is 5.14 Å². The van der Waals surface area contributed by atoms with Crippen LogP contribution in [0.25, 0.3) is 11.1 Å². The Kier molecular flexibility index (Phi) is 4.25. The van der Waals surface area contributed by atoms with Crippen LogP contribution in [0.15, 0.2) is 35.2 Å². The van der Waals surface area contributed by atoms with Crippen molar-refractivity contribution in [3.8, 4) is 11.1 Å². The summed E-state index contributed by atoms with van der Waals surface area (Å²) in [6.07, 6.45) is -1.58. The van der Waals surface area contributed by atoms with Crippen molar-refractivity contribution >= 4 is 10.0 Å². The van der Waals surface area contributed by atoms with Gasteiger partial charge in [-0.25, -0.2) is 18.5 Å². The van der Waals surface area contributed by atoms with Crippen molar-refractivity contribution in [1.82, 2.24) is 4.98 Å². The highest BCUT2D eigenvalue weighted by Gasteiger charge is 2.30. The van der Waals surface area contributed by atoms with Gasteiger partial charge in [0.15, 0.2) is 0 Å². The van der Waals surface area contributed by atoms with Gasteiger partial charge >= 0.3 is 6.18 Å². The lowest BCUT2D eigenvalue weighted by atomic mass is 10.0. The van der Waals surface area contributed by atoms with Gasteiger partial charge in [0.2, 0.25) is 10.0 Å². The molecule has 8 heteroatoms. The van der Waals surface area contributed by atoms with E-state index in [2.05, 4.69) is 11.2 Å². The number of hydrogen-bond donors (Lipinski definition) is 1. The molecule has 1 radical (unpaired) electrons. The average molecular weight is 329 g/mol. The highest BCUT2D eigenvalue weighted by molar-refractivity contribution is 7.89. The van der Waals surface area contributed by atoms with E-state index in [9.17, 15) is 21.6 Å². The molecule has 1 heterocycles. The van der Waals surface area contributed by atoms with E-state index in [1.165, 1.54) is 18.2 Å². The van der Waals surface area contributed by atoms with Crippen LogP contribution in [-0.2, 0) is 22.6 Å². The Morgan fingerprint density at radius 3 is 2.27 bits per heavy atom. The molecule has 2 aromatic rings. The van der Waals surface area contributed by atoms with Crippen molar-refractivity contribution in [1.29, 1.82) is 0 Å². The number of pyridine rings is 1. The lowest BCUT2D eigenvalue weighted by Crippen LogP contribution is -2.14. The second-order valence-corrected chi connectivity index (χ2v) is 6.07. The van der Waals surface area contributed by atoms with Gasteiger partial charge in [-0.15, -0.1) is 0 Å². The van der Waals surface area contributed by atoms with E-state index >= 15 is 0 Å². The molecule has 0 unspecified atom stereocenters. The predicted octanol–water partition coefficient (Wildman–Crippen LogP) is 2.78. The van der Waals surface area contributed by atoms with Gasteiger partial charge in [-0.1, -0.05) is 19.1 Å². The Bertz CT molecular complexity index is 785. The van der Waals surface area contributed by atoms with Crippen LogP contribution >= 0.6 is 0 Å². The third-order valence-electron chi connectivity index (χ3n) is 3.03. The summed E-state index contributed by atoms with van der Waals surface area (Å²) < 4.78 is 60.9. The minimum atomic E-state index is -4.46. The monoisotopic (exact) mass is 329 g/mol. The number of alkyl halides is 3. The molecule has 2 N–H and O–H groups in total. The molecule has 0 fully saturated rings. The summed E-state index contributed by atoms with van der Waals surface area (Å²) in [5, 5.41) is 5.11. The number of aromatic nitrogens is 1. The number of aryl methyl sites for hydroxylation is 1. The van der Waals surface area contributed by atoms with Crippen LogP contribution < -0.4 is 5.14 Å². The number of primary sulfonamides is 1. The molecule has 22 heavy (non-hydrogen) atoms. The second-order valence-electron chi connectivity index (χ2n) is 4.58. The van der Waals surface area contributed by atoms with Gasteiger partial charge in [-0.05, 0) is 30.2 Å². The van der Waals surface area contributed by atoms with Crippen molar-refractivity contribution in [3.63, 3.8) is 0 Å². The van der Waals surface area contributed by atoms with E-state index < -0.39 is 21.8 Å². The Morgan fingerprint density at radius 1 is 1.23 bits per heavy atom. The molecule has 4 nitrogen and oxygen atoms in total. The summed E-state index contributed by atoms with van der Waals surface area (Å²) >= 11 is 0. The largest absolute Gasteiger partial charge is 0.416 e. The van der Waals surface area contributed by atoms with Crippen molar-refractivity contribution in [3.05, 3.63) is 47.8 Å². The summed E-state index contributed by atoms with van der Waals surface area (Å²) in [4.78, 5) is 3.50. The van der Waals surface area contributed by atoms with Gasteiger partial charge in [-0.3, -0.25) is 0 Å². The highest BCUT2D eigenvalue weighted by Crippen LogP contribution is 2.32. The number of halogens is 3. The zero-order valence-electron chi connectivity index (χ0n) is 11.5. The summed E-state index contributed by atoms with van der Waals surface area (Å²) in [7, 11) is -4.09. The molecule has 0 aliphatic heterocycles. The normalized spacial score (nSPS) is 12.4. The molecular formula is C14H12F3N2O2S. The molecular weight excluding hydrogens is 317 g/mol. The van der Waals surface area contributed by atoms with Gasteiger partial charge in [0.1, 0.15) is 11.1 Å². The van der Waals surface area contributed by atoms with Gasteiger partial charge < -0.3 is 0 Å². The lowest BCUT2D eigenvalue weighted by Gasteiger charge is -2.11. The smallest absolute Gasteiger partial charge is 0.250 e. The topological polar surface area (TPSA) is 73.1 Å². The number of sulfonamides is 1. The summed E-state index contributed by atoms with van der Waals surface area (Å²) in [6, 6.07) is 5.64. The van der Waals surface area contributed by atoms with Crippen LogP contribution in [0.3, 0.4) is 0 Å². The standard InChI is InChI=1S/C14H12F3N2O2S/c1-2-11-7-12(13(8-19-11)22(18,20)21)9-3-5-10(6-4-9)14(15,16)17/h3-7H,2H2,1H3,(H2,18,20,21). The summed E-state index contributed by atoms with van der Waals surface area (Å²) in [6.45, 7) is 1.81.